The summed E-state index contributed by atoms with van der Waals surface area (Å²) >= 11 is 0. The Kier molecular flexibility index (Phi) is 6.59. The molecule has 1 aromatic carbocycles. The summed E-state index contributed by atoms with van der Waals surface area (Å²) in [4.78, 5) is 26.2. The first-order valence-electron chi connectivity index (χ1n) is 8.34. The van der Waals surface area contributed by atoms with Crippen molar-refractivity contribution in [3.63, 3.8) is 0 Å². The lowest BCUT2D eigenvalue weighted by Gasteiger charge is -2.34. The van der Waals surface area contributed by atoms with Crippen LogP contribution in [0.2, 0.25) is 0 Å². The highest BCUT2D eigenvalue weighted by Crippen LogP contribution is 2.20. The first kappa shape index (κ1) is 17.5. The standard InChI is InChI=1S/C18H26N2O3/c1-3-23-18(22)16-9-11-20(12-10-16)14(2)17(21)19-13-15-7-5-4-6-8-15/h4-8,14,16H,3,9-13H2,1-2H3,(H,19,21)/t14-/m0/s1. The molecule has 1 aliphatic heterocycles. The highest BCUT2D eigenvalue weighted by Gasteiger charge is 2.30. The van der Waals surface area contributed by atoms with E-state index in [1.54, 1.807) is 0 Å². The van der Waals surface area contributed by atoms with Crippen molar-refractivity contribution in [3.05, 3.63) is 35.9 Å². The summed E-state index contributed by atoms with van der Waals surface area (Å²) in [6, 6.07) is 9.70. The summed E-state index contributed by atoms with van der Waals surface area (Å²) in [5, 5.41) is 2.98. The lowest BCUT2D eigenvalue weighted by molar-refractivity contribution is -0.149. The Balaban J connectivity index is 1.76. The predicted octanol–water partition coefficient (Wildman–Crippen LogP) is 1.97. The van der Waals surface area contributed by atoms with Crippen LogP contribution in [0.25, 0.3) is 0 Å². The lowest BCUT2D eigenvalue weighted by atomic mass is 9.96. The van der Waals surface area contributed by atoms with E-state index >= 15 is 0 Å². The molecule has 0 saturated carbocycles. The Hall–Kier alpha value is -1.88. The highest BCUT2D eigenvalue weighted by atomic mass is 16.5. The van der Waals surface area contributed by atoms with Gasteiger partial charge in [-0.3, -0.25) is 14.5 Å². The number of carbonyl (C=O) groups is 2. The van der Waals surface area contributed by atoms with Crippen LogP contribution < -0.4 is 5.32 Å². The van der Waals surface area contributed by atoms with Gasteiger partial charge in [0.15, 0.2) is 0 Å². The summed E-state index contributed by atoms with van der Waals surface area (Å²) in [7, 11) is 0. The summed E-state index contributed by atoms with van der Waals surface area (Å²) in [6.45, 7) is 6.23. The largest absolute Gasteiger partial charge is 0.466 e. The van der Waals surface area contributed by atoms with E-state index in [-0.39, 0.29) is 23.8 Å². The molecule has 5 heteroatoms. The Morgan fingerprint density at radius 1 is 1.26 bits per heavy atom. The Morgan fingerprint density at radius 3 is 2.52 bits per heavy atom. The third kappa shape index (κ3) is 5.06. The molecule has 1 aliphatic rings. The number of esters is 1. The molecule has 1 atom stereocenters. The number of nitrogens with zero attached hydrogens (tertiary/aromatic N) is 1. The zero-order valence-electron chi connectivity index (χ0n) is 14.0. The molecule has 1 aromatic rings. The van der Waals surface area contributed by atoms with E-state index in [9.17, 15) is 9.59 Å². The number of nitrogens with one attached hydrogen (secondary N) is 1. The second kappa shape index (κ2) is 8.67. The summed E-state index contributed by atoms with van der Waals surface area (Å²) < 4.78 is 5.08. The monoisotopic (exact) mass is 318 g/mol. The molecule has 0 bridgehead atoms. The number of benzene rings is 1. The molecule has 1 saturated heterocycles. The Labute approximate surface area is 138 Å². The van der Waals surface area contributed by atoms with Gasteiger partial charge in [-0.15, -0.1) is 0 Å². The smallest absolute Gasteiger partial charge is 0.309 e. The SMILES string of the molecule is CCOC(=O)C1CCN([C@@H](C)C(=O)NCc2ccccc2)CC1. The van der Waals surface area contributed by atoms with Crippen LogP contribution in [0.3, 0.4) is 0 Å². The normalized spacial score (nSPS) is 17.5. The minimum atomic E-state index is -0.179. The van der Waals surface area contributed by atoms with E-state index in [1.807, 2.05) is 44.2 Å². The van der Waals surface area contributed by atoms with E-state index in [0.717, 1.165) is 31.5 Å². The molecule has 0 aliphatic carbocycles. The van der Waals surface area contributed by atoms with Gasteiger partial charge in [-0.25, -0.2) is 0 Å². The first-order chi connectivity index (χ1) is 11.1. The number of piperidine rings is 1. The van der Waals surface area contributed by atoms with Crippen molar-refractivity contribution in [2.75, 3.05) is 19.7 Å². The van der Waals surface area contributed by atoms with Gasteiger partial charge in [0.2, 0.25) is 5.91 Å². The van der Waals surface area contributed by atoms with Crippen LogP contribution >= 0.6 is 0 Å². The van der Waals surface area contributed by atoms with E-state index in [2.05, 4.69) is 10.2 Å². The molecular formula is C18H26N2O3. The number of ether oxygens (including phenoxy) is 1. The van der Waals surface area contributed by atoms with E-state index in [4.69, 9.17) is 4.74 Å². The van der Waals surface area contributed by atoms with Crippen molar-refractivity contribution in [2.45, 2.75) is 39.3 Å². The molecule has 0 spiro atoms. The van der Waals surface area contributed by atoms with Crippen molar-refractivity contribution < 1.29 is 14.3 Å². The molecule has 1 fully saturated rings. The molecular weight excluding hydrogens is 292 g/mol. The second-order valence-corrected chi connectivity index (χ2v) is 5.94. The molecule has 0 aromatic heterocycles. The molecule has 0 radical (unpaired) electrons. The zero-order valence-corrected chi connectivity index (χ0v) is 14.0. The number of hydrogen-bond acceptors (Lipinski definition) is 4. The van der Waals surface area contributed by atoms with Gasteiger partial charge in [0, 0.05) is 6.54 Å². The van der Waals surface area contributed by atoms with Crippen molar-refractivity contribution >= 4 is 11.9 Å². The number of amides is 1. The fourth-order valence-corrected chi connectivity index (χ4v) is 2.88. The van der Waals surface area contributed by atoms with Gasteiger partial charge in [0.05, 0.1) is 18.6 Å². The van der Waals surface area contributed by atoms with Gasteiger partial charge >= 0.3 is 5.97 Å². The quantitative estimate of drug-likeness (QED) is 0.815. The van der Waals surface area contributed by atoms with Crippen molar-refractivity contribution in [3.8, 4) is 0 Å². The molecule has 1 amide bonds. The second-order valence-electron chi connectivity index (χ2n) is 5.94. The molecule has 2 rings (SSSR count). The molecule has 5 nitrogen and oxygen atoms in total. The third-order valence-corrected chi connectivity index (χ3v) is 4.39. The van der Waals surface area contributed by atoms with Gasteiger partial charge in [0.25, 0.3) is 0 Å². The summed E-state index contributed by atoms with van der Waals surface area (Å²) in [5.74, 6) is -0.0949. The highest BCUT2D eigenvalue weighted by molar-refractivity contribution is 5.81. The number of hydrogen-bond donors (Lipinski definition) is 1. The molecule has 0 unspecified atom stereocenters. The minimum Gasteiger partial charge on any atom is -0.466 e. The van der Waals surface area contributed by atoms with Crippen LogP contribution in [0.1, 0.15) is 32.3 Å². The third-order valence-electron chi connectivity index (χ3n) is 4.39. The van der Waals surface area contributed by atoms with Crippen LogP contribution in [0, 0.1) is 5.92 Å². The minimum absolute atomic E-state index is 0.0224. The van der Waals surface area contributed by atoms with Gasteiger partial charge < -0.3 is 10.1 Å². The Morgan fingerprint density at radius 2 is 1.91 bits per heavy atom. The van der Waals surface area contributed by atoms with Gasteiger partial charge in [-0.1, -0.05) is 30.3 Å². The fourth-order valence-electron chi connectivity index (χ4n) is 2.88. The topological polar surface area (TPSA) is 58.6 Å². The molecule has 1 N–H and O–H groups in total. The van der Waals surface area contributed by atoms with Crippen LogP contribution in [-0.4, -0.2) is 42.5 Å². The average molecular weight is 318 g/mol. The average Bonchev–Trinajstić information content (AvgIpc) is 2.60. The molecule has 23 heavy (non-hydrogen) atoms. The van der Waals surface area contributed by atoms with Crippen LogP contribution in [0.15, 0.2) is 30.3 Å². The molecule has 1 heterocycles. The van der Waals surface area contributed by atoms with Crippen LogP contribution in [0.5, 0.6) is 0 Å². The number of rotatable bonds is 6. The van der Waals surface area contributed by atoms with E-state index in [1.165, 1.54) is 0 Å². The lowest BCUT2D eigenvalue weighted by Crippen LogP contribution is -2.48. The maximum atomic E-state index is 12.3. The fraction of sp³-hybridized carbons (Fsp3) is 0.556. The zero-order chi connectivity index (χ0) is 16.7. The van der Waals surface area contributed by atoms with Gasteiger partial charge in [0.1, 0.15) is 0 Å². The van der Waals surface area contributed by atoms with E-state index in [0.29, 0.717) is 13.2 Å². The molecule has 126 valence electrons. The number of carbonyl (C=O) groups excluding carboxylic acids is 2. The van der Waals surface area contributed by atoms with Gasteiger partial charge in [-0.2, -0.15) is 0 Å². The summed E-state index contributed by atoms with van der Waals surface area (Å²) in [5.41, 5.74) is 1.09. The number of likely N-dealkylation sites (tertiary alicyclic amines) is 1. The summed E-state index contributed by atoms with van der Waals surface area (Å²) in [6.07, 6.45) is 1.52. The predicted molar refractivity (Wildman–Crippen MR) is 88.7 cm³/mol. The first-order valence-corrected chi connectivity index (χ1v) is 8.34. The van der Waals surface area contributed by atoms with Crippen molar-refractivity contribution in [2.24, 2.45) is 5.92 Å². The Bertz CT molecular complexity index is 510. The van der Waals surface area contributed by atoms with Crippen LogP contribution in [0.4, 0.5) is 0 Å². The maximum absolute atomic E-state index is 12.3. The van der Waals surface area contributed by atoms with E-state index < -0.39 is 0 Å². The van der Waals surface area contributed by atoms with Crippen LogP contribution in [-0.2, 0) is 20.9 Å². The van der Waals surface area contributed by atoms with Crippen molar-refractivity contribution in [1.29, 1.82) is 0 Å². The van der Waals surface area contributed by atoms with Gasteiger partial charge in [-0.05, 0) is 45.3 Å². The van der Waals surface area contributed by atoms with Crippen molar-refractivity contribution in [1.82, 2.24) is 10.2 Å². The maximum Gasteiger partial charge on any atom is 0.309 e.